The number of ether oxygens (including phenoxy) is 4. The van der Waals surface area contributed by atoms with Crippen LogP contribution in [0.15, 0.2) is 18.2 Å². The van der Waals surface area contributed by atoms with Gasteiger partial charge in [0.15, 0.2) is 17.3 Å². The zero-order chi connectivity index (χ0) is 18.0. The van der Waals surface area contributed by atoms with Crippen LogP contribution >= 0.6 is 0 Å². The van der Waals surface area contributed by atoms with E-state index < -0.39 is 17.6 Å². The Bertz CT molecular complexity index is 701. The highest BCUT2D eigenvalue weighted by molar-refractivity contribution is 6.39. The summed E-state index contributed by atoms with van der Waals surface area (Å²) in [6, 6.07) is 5.00. The van der Waals surface area contributed by atoms with Gasteiger partial charge in [0, 0.05) is 31.1 Å². The molecule has 4 rings (SSSR count). The van der Waals surface area contributed by atoms with Gasteiger partial charge in [-0.15, -0.1) is 0 Å². The number of hydrogen-bond acceptors (Lipinski definition) is 6. The molecule has 2 heterocycles. The van der Waals surface area contributed by atoms with Gasteiger partial charge in [0.1, 0.15) is 19.3 Å². The number of fused-ring (bicyclic) bond motifs is 1. The molecule has 26 heavy (non-hydrogen) atoms. The number of nitrogens with one attached hydrogen (secondary N) is 2. The summed E-state index contributed by atoms with van der Waals surface area (Å²) >= 11 is 0. The van der Waals surface area contributed by atoms with Crippen molar-refractivity contribution in [2.45, 2.75) is 37.6 Å². The summed E-state index contributed by atoms with van der Waals surface area (Å²) < 4.78 is 22.6. The van der Waals surface area contributed by atoms with Crippen LogP contribution in [-0.2, 0) is 19.1 Å². The molecule has 2 amide bonds. The van der Waals surface area contributed by atoms with Crippen LogP contribution in [0.4, 0.5) is 5.69 Å². The van der Waals surface area contributed by atoms with E-state index in [0.29, 0.717) is 37.0 Å². The molecule has 1 atom stereocenters. The van der Waals surface area contributed by atoms with E-state index in [1.807, 2.05) is 0 Å². The minimum Gasteiger partial charge on any atom is -0.486 e. The molecule has 2 fully saturated rings. The summed E-state index contributed by atoms with van der Waals surface area (Å²) in [4.78, 5) is 24.1. The lowest BCUT2D eigenvalue weighted by Gasteiger charge is -2.21. The molecule has 0 aromatic heterocycles. The predicted octanol–water partition coefficient (Wildman–Crippen LogP) is 1.20. The first-order valence-electron chi connectivity index (χ1n) is 8.94. The highest BCUT2D eigenvalue weighted by Gasteiger charge is 2.43. The van der Waals surface area contributed by atoms with Gasteiger partial charge in [-0.1, -0.05) is 0 Å². The summed E-state index contributed by atoms with van der Waals surface area (Å²) in [5, 5.41) is 5.16. The van der Waals surface area contributed by atoms with Gasteiger partial charge in [0.05, 0.1) is 6.61 Å². The Morgan fingerprint density at radius 2 is 1.85 bits per heavy atom. The lowest BCUT2D eigenvalue weighted by atomic mass is 10.2. The van der Waals surface area contributed by atoms with E-state index in [9.17, 15) is 9.59 Å². The molecule has 2 aliphatic heterocycles. The Balaban J connectivity index is 1.26. The minimum atomic E-state index is -0.740. The number of carbonyl (C=O) groups is 2. The van der Waals surface area contributed by atoms with Crippen molar-refractivity contribution in [3.8, 4) is 11.5 Å². The Morgan fingerprint density at radius 3 is 2.65 bits per heavy atom. The number of rotatable bonds is 3. The standard InChI is InChI=1S/C18H22N2O6/c21-16(19-10-13-11-25-18(26-13)5-1-2-6-18)17(22)20-12-3-4-14-15(9-12)24-8-7-23-14/h3-4,9,13H,1-2,5-8,10-11H2,(H,19,21)(H,20,22)/t13-/m1/s1. The van der Waals surface area contributed by atoms with Crippen LogP contribution in [0.2, 0.25) is 0 Å². The zero-order valence-corrected chi connectivity index (χ0v) is 14.4. The Hall–Kier alpha value is -2.32. The number of amides is 2. The van der Waals surface area contributed by atoms with Crippen molar-refractivity contribution in [1.29, 1.82) is 0 Å². The number of hydrogen-bond donors (Lipinski definition) is 2. The second-order valence-electron chi connectivity index (χ2n) is 6.69. The summed E-state index contributed by atoms with van der Waals surface area (Å²) in [6.45, 7) is 1.63. The third-order valence-electron chi connectivity index (χ3n) is 4.78. The van der Waals surface area contributed by atoms with Crippen molar-refractivity contribution >= 4 is 17.5 Å². The SMILES string of the molecule is O=C(NC[C@@H]1COC2(CCCC2)O1)C(=O)Nc1ccc2c(c1)OCCO2. The van der Waals surface area contributed by atoms with Crippen LogP contribution in [0.5, 0.6) is 11.5 Å². The van der Waals surface area contributed by atoms with Gasteiger partial charge >= 0.3 is 11.8 Å². The van der Waals surface area contributed by atoms with E-state index in [1.54, 1.807) is 18.2 Å². The van der Waals surface area contributed by atoms with Gasteiger partial charge in [-0.25, -0.2) is 0 Å². The molecule has 1 spiro atoms. The largest absolute Gasteiger partial charge is 0.486 e. The quantitative estimate of drug-likeness (QED) is 0.785. The van der Waals surface area contributed by atoms with Crippen LogP contribution in [0, 0.1) is 0 Å². The molecule has 1 aliphatic carbocycles. The first-order chi connectivity index (χ1) is 12.6. The molecule has 0 radical (unpaired) electrons. The molecule has 1 aromatic rings. The van der Waals surface area contributed by atoms with Crippen molar-refractivity contribution in [3.63, 3.8) is 0 Å². The van der Waals surface area contributed by atoms with Gasteiger partial charge in [0.25, 0.3) is 0 Å². The highest BCUT2D eigenvalue weighted by Crippen LogP contribution is 2.39. The number of benzene rings is 1. The highest BCUT2D eigenvalue weighted by atomic mass is 16.7. The molecule has 8 heteroatoms. The maximum absolute atomic E-state index is 12.1. The van der Waals surface area contributed by atoms with E-state index in [0.717, 1.165) is 25.7 Å². The van der Waals surface area contributed by atoms with E-state index in [1.165, 1.54) is 0 Å². The van der Waals surface area contributed by atoms with Gasteiger partial charge in [-0.3, -0.25) is 9.59 Å². The number of carbonyl (C=O) groups excluding carboxylic acids is 2. The lowest BCUT2D eigenvalue weighted by Crippen LogP contribution is -2.40. The average Bonchev–Trinajstić information content (AvgIpc) is 3.29. The molecule has 1 aromatic carbocycles. The Morgan fingerprint density at radius 1 is 1.08 bits per heavy atom. The molecule has 1 saturated heterocycles. The molecule has 1 saturated carbocycles. The average molecular weight is 362 g/mol. The van der Waals surface area contributed by atoms with E-state index in [-0.39, 0.29) is 12.6 Å². The first-order valence-corrected chi connectivity index (χ1v) is 8.94. The maximum atomic E-state index is 12.1. The van der Waals surface area contributed by atoms with Gasteiger partial charge in [0.2, 0.25) is 0 Å². The monoisotopic (exact) mass is 362 g/mol. The third kappa shape index (κ3) is 3.61. The fourth-order valence-electron chi connectivity index (χ4n) is 3.49. The van der Waals surface area contributed by atoms with Crippen molar-refractivity contribution in [1.82, 2.24) is 5.32 Å². The van der Waals surface area contributed by atoms with Crippen molar-refractivity contribution < 1.29 is 28.5 Å². The maximum Gasteiger partial charge on any atom is 0.313 e. The zero-order valence-electron chi connectivity index (χ0n) is 14.4. The first kappa shape index (κ1) is 17.1. The Kier molecular flexibility index (Phi) is 4.69. The minimum absolute atomic E-state index is 0.223. The van der Waals surface area contributed by atoms with Crippen molar-refractivity contribution in [2.24, 2.45) is 0 Å². The summed E-state index contributed by atoms with van der Waals surface area (Å²) in [7, 11) is 0. The fourth-order valence-corrected chi connectivity index (χ4v) is 3.49. The second kappa shape index (κ2) is 7.13. The molecule has 3 aliphatic rings. The van der Waals surface area contributed by atoms with Gasteiger partial charge < -0.3 is 29.6 Å². The lowest BCUT2D eigenvalue weighted by molar-refractivity contribution is -0.161. The molecule has 2 N–H and O–H groups in total. The molecular formula is C18H22N2O6. The topological polar surface area (TPSA) is 95.1 Å². The summed E-state index contributed by atoms with van der Waals surface area (Å²) in [5.41, 5.74) is 0.472. The van der Waals surface area contributed by atoms with E-state index in [4.69, 9.17) is 18.9 Å². The van der Waals surface area contributed by atoms with Crippen molar-refractivity contribution in [3.05, 3.63) is 18.2 Å². The third-order valence-corrected chi connectivity index (χ3v) is 4.78. The van der Waals surface area contributed by atoms with Crippen LogP contribution in [0.1, 0.15) is 25.7 Å². The van der Waals surface area contributed by atoms with Crippen LogP contribution in [0.25, 0.3) is 0 Å². The van der Waals surface area contributed by atoms with Crippen molar-refractivity contribution in [2.75, 3.05) is 31.7 Å². The van der Waals surface area contributed by atoms with Crippen LogP contribution in [0.3, 0.4) is 0 Å². The normalized spacial score (nSPS) is 23.0. The molecule has 8 nitrogen and oxygen atoms in total. The molecule has 0 unspecified atom stereocenters. The second-order valence-corrected chi connectivity index (χ2v) is 6.69. The summed E-state index contributed by atoms with van der Waals surface area (Å²) in [6.07, 6.45) is 3.75. The van der Waals surface area contributed by atoms with Gasteiger partial charge in [-0.05, 0) is 25.0 Å². The Labute approximate surface area is 151 Å². The molecule has 140 valence electrons. The smallest absolute Gasteiger partial charge is 0.313 e. The van der Waals surface area contributed by atoms with Crippen LogP contribution < -0.4 is 20.1 Å². The molecular weight excluding hydrogens is 340 g/mol. The summed E-state index contributed by atoms with van der Waals surface area (Å²) in [5.74, 6) is -0.749. The van der Waals surface area contributed by atoms with Crippen LogP contribution in [-0.4, -0.2) is 50.1 Å². The van der Waals surface area contributed by atoms with Gasteiger partial charge in [-0.2, -0.15) is 0 Å². The number of anilines is 1. The fraction of sp³-hybridized carbons (Fsp3) is 0.556. The predicted molar refractivity (Wildman–Crippen MR) is 91.1 cm³/mol. The molecule has 0 bridgehead atoms. The van der Waals surface area contributed by atoms with E-state index >= 15 is 0 Å². The van der Waals surface area contributed by atoms with E-state index in [2.05, 4.69) is 10.6 Å².